The van der Waals surface area contributed by atoms with E-state index in [9.17, 15) is 13.2 Å². The lowest BCUT2D eigenvalue weighted by molar-refractivity contribution is -0.117. The van der Waals surface area contributed by atoms with Crippen LogP contribution in [0.5, 0.6) is 0 Å². The molecular weight excluding hydrogens is 360 g/mol. The maximum absolute atomic E-state index is 12.8. The number of carbonyl (C=O) groups is 1. The van der Waals surface area contributed by atoms with Gasteiger partial charge in [-0.05, 0) is 48.7 Å². The van der Waals surface area contributed by atoms with Crippen LogP contribution in [0.3, 0.4) is 0 Å². The Balaban J connectivity index is 1.91. The van der Waals surface area contributed by atoms with Gasteiger partial charge in [-0.25, -0.2) is 8.42 Å². The second kappa shape index (κ2) is 6.69. The zero-order valence-electron chi connectivity index (χ0n) is 14.1. The quantitative estimate of drug-likeness (QED) is 0.821. The highest BCUT2D eigenvalue weighted by atomic mass is 35.5. The molecule has 25 heavy (non-hydrogen) atoms. The molecule has 2 aromatic rings. The molecule has 5 nitrogen and oxygen atoms in total. The van der Waals surface area contributed by atoms with E-state index >= 15 is 0 Å². The molecule has 132 valence electrons. The molecule has 0 aromatic heterocycles. The van der Waals surface area contributed by atoms with Crippen LogP contribution in [0.2, 0.25) is 5.02 Å². The number of hydrogen-bond donors (Lipinski definition) is 0. The smallest absolute Gasteiger partial charge is 0.247 e. The van der Waals surface area contributed by atoms with E-state index in [1.54, 1.807) is 30.0 Å². The molecule has 0 saturated heterocycles. The molecular formula is C18H19ClN2O3S. The first-order chi connectivity index (χ1) is 11.8. The maximum atomic E-state index is 12.8. The largest absolute Gasteiger partial charge is 0.310 e. The Hall–Kier alpha value is -2.05. The summed E-state index contributed by atoms with van der Waals surface area (Å²) >= 11 is 5.96. The summed E-state index contributed by atoms with van der Waals surface area (Å²) < 4.78 is 25.7. The number of para-hydroxylation sites is 1. The number of benzene rings is 2. The molecule has 0 radical (unpaired) electrons. The van der Waals surface area contributed by atoms with Crippen LogP contribution in [0.15, 0.2) is 42.5 Å². The van der Waals surface area contributed by atoms with Crippen molar-refractivity contribution < 1.29 is 13.2 Å². The average molecular weight is 379 g/mol. The second-order valence-corrected chi connectivity index (χ2v) is 8.47. The fraction of sp³-hybridized carbons (Fsp3) is 0.278. The maximum Gasteiger partial charge on any atom is 0.247 e. The highest BCUT2D eigenvalue weighted by Gasteiger charge is 2.29. The average Bonchev–Trinajstić information content (AvgIpc) is 2.96. The van der Waals surface area contributed by atoms with Crippen molar-refractivity contribution in [1.82, 2.24) is 0 Å². The van der Waals surface area contributed by atoms with Gasteiger partial charge in [0.25, 0.3) is 0 Å². The summed E-state index contributed by atoms with van der Waals surface area (Å²) in [5.74, 6) is -0.246. The summed E-state index contributed by atoms with van der Waals surface area (Å²) in [6.07, 6.45) is 1.88. The molecule has 0 atom stereocenters. The third-order valence-corrected chi connectivity index (χ3v) is 5.66. The molecule has 0 fully saturated rings. The van der Waals surface area contributed by atoms with Crippen LogP contribution in [0.4, 0.5) is 11.4 Å². The normalized spacial score (nSPS) is 13.6. The Morgan fingerprint density at radius 3 is 2.64 bits per heavy atom. The van der Waals surface area contributed by atoms with E-state index in [0.29, 0.717) is 22.8 Å². The van der Waals surface area contributed by atoms with Crippen LogP contribution < -0.4 is 9.21 Å². The van der Waals surface area contributed by atoms with Crippen LogP contribution in [0.1, 0.15) is 11.1 Å². The number of sulfonamides is 1. The first-order valence-corrected chi connectivity index (χ1v) is 10.1. The van der Waals surface area contributed by atoms with Gasteiger partial charge in [0.1, 0.15) is 6.54 Å². The lowest BCUT2D eigenvalue weighted by Crippen LogP contribution is -2.42. The molecule has 1 aliphatic rings. The molecule has 0 spiro atoms. The van der Waals surface area contributed by atoms with E-state index in [2.05, 4.69) is 0 Å². The topological polar surface area (TPSA) is 57.7 Å². The van der Waals surface area contributed by atoms with Crippen molar-refractivity contribution in [2.24, 2.45) is 0 Å². The van der Waals surface area contributed by atoms with Gasteiger partial charge in [0, 0.05) is 17.3 Å². The number of fused-ring (bicyclic) bond motifs is 1. The van der Waals surface area contributed by atoms with Gasteiger partial charge in [0.15, 0.2) is 0 Å². The minimum absolute atomic E-state index is 0.240. The molecule has 0 saturated carbocycles. The van der Waals surface area contributed by atoms with E-state index in [-0.39, 0.29) is 12.5 Å². The van der Waals surface area contributed by atoms with Crippen molar-refractivity contribution in [3.05, 3.63) is 58.6 Å². The van der Waals surface area contributed by atoms with Crippen molar-refractivity contribution in [3.8, 4) is 0 Å². The van der Waals surface area contributed by atoms with E-state index in [1.165, 1.54) is 0 Å². The van der Waals surface area contributed by atoms with Gasteiger partial charge in [-0.3, -0.25) is 9.10 Å². The van der Waals surface area contributed by atoms with Crippen LogP contribution in [-0.2, 0) is 21.2 Å². The van der Waals surface area contributed by atoms with E-state index in [4.69, 9.17) is 11.6 Å². The Labute approximate surface area is 152 Å². The number of halogens is 1. The van der Waals surface area contributed by atoms with Gasteiger partial charge in [-0.1, -0.05) is 29.8 Å². The number of nitrogens with zero attached hydrogens (tertiary/aromatic N) is 2. The van der Waals surface area contributed by atoms with E-state index in [1.807, 2.05) is 24.3 Å². The number of rotatable bonds is 4. The molecule has 3 rings (SSSR count). The zero-order chi connectivity index (χ0) is 18.2. The van der Waals surface area contributed by atoms with Crippen molar-refractivity contribution in [2.45, 2.75) is 13.3 Å². The Morgan fingerprint density at radius 1 is 1.24 bits per heavy atom. The summed E-state index contributed by atoms with van der Waals surface area (Å²) in [7, 11) is -3.61. The van der Waals surface area contributed by atoms with Gasteiger partial charge in [0.2, 0.25) is 15.9 Å². The first-order valence-electron chi connectivity index (χ1n) is 7.89. The minimum atomic E-state index is -3.61. The van der Waals surface area contributed by atoms with Crippen molar-refractivity contribution in [3.63, 3.8) is 0 Å². The van der Waals surface area contributed by atoms with Gasteiger partial charge >= 0.3 is 0 Å². The summed E-state index contributed by atoms with van der Waals surface area (Å²) in [5.41, 5.74) is 3.12. The summed E-state index contributed by atoms with van der Waals surface area (Å²) in [6, 6.07) is 12.6. The second-order valence-electron chi connectivity index (χ2n) is 6.12. The highest BCUT2D eigenvalue weighted by molar-refractivity contribution is 7.92. The highest BCUT2D eigenvalue weighted by Crippen LogP contribution is 2.29. The Kier molecular flexibility index (Phi) is 4.75. The van der Waals surface area contributed by atoms with Gasteiger partial charge in [-0.15, -0.1) is 0 Å². The van der Waals surface area contributed by atoms with Crippen LogP contribution in [0, 0.1) is 6.92 Å². The van der Waals surface area contributed by atoms with Crippen molar-refractivity contribution >= 4 is 38.9 Å². The fourth-order valence-electron chi connectivity index (χ4n) is 3.09. The Bertz CT molecular complexity index is 928. The third kappa shape index (κ3) is 3.65. The molecule has 0 N–H and O–H groups in total. The van der Waals surface area contributed by atoms with Crippen LogP contribution in [0.25, 0.3) is 0 Å². The third-order valence-electron chi connectivity index (χ3n) is 4.29. The van der Waals surface area contributed by atoms with Crippen molar-refractivity contribution in [1.29, 1.82) is 0 Å². The predicted molar refractivity (Wildman–Crippen MR) is 101 cm³/mol. The molecule has 7 heteroatoms. The molecule has 1 heterocycles. The SMILES string of the molecule is Cc1cc(Cl)ccc1N(CC(=O)N1CCc2ccccc21)S(C)(=O)=O. The first kappa shape index (κ1) is 17.8. The fourth-order valence-corrected chi connectivity index (χ4v) is 4.22. The van der Waals surface area contributed by atoms with Crippen molar-refractivity contribution in [2.75, 3.05) is 28.6 Å². The molecule has 2 aromatic carbocycles. The minimum Gasteiger partial charge on any atom is -0.310 e. The lowest BCUT2D eigenvalue weighted by atomic mass is 10.2. The van der Waals surface area contributed by atoms with E-state index < -0.39 is 10.0 Å². The molecule has 1 aliphatic heterocycles. The molecule has 0 unspecified atom stereocenters. The summed E-state index contributed by atoms with van der Waals surface area (Å²) in [6.45, 7) is 2.10. The standard InChI is InChI=1S/C18H19ClN2O3S/c1-13-11-15(19)7-8-16(13)21(25(2,23)24)12-18(22)20-10-9-14-5-3-4-6-17(14)20/h3-8,11H,9-10,12H2,1-2H3. The van der Waals surface area contributed by atoms with Gasteiger partial charge in [0.05, 0.1) is 11.9 Å². The summed E-state index contributed by atoms with van der Waals surface area (Å²) in [4.78, 5) is 14.5. The van der Waals surface area contributed by atoms with Crippen LogP contribution in [-0.4, -0.2) is 33.7 Å². The molecule has 0 aliphatic carbocycles. The Morgan fingerprint density at radius 2 is 1.96 bits per heavy atom. The van der Waals surface area contributed by atoms with Gasteiger partial charge in [-0.2, -0.15) is 0 Å². The lowest BCUT2D eigenvalue weighted by Gasteiger charge is -2.26. The molecule has 0 bridgehead atoms. The number of anilines is 2. The zero-order valence-corrected chi connectivity index (χ0v) is 15.6. The number of aryl methyl sites for hydroxylation is 1. The summed E-state index contributed by atoms with van der Waals surface area (Å²) in [5, 5.41) is 0.523. The number of amides is 1. The van der Waals surface area contributed by atoms with Crippen LogP contribution >= 0.6 is 11.6 Å². The number of hydrogen-bond acceptors (Lipinski definition) is 3. The van der Waals surface area contributed by atoms with E-state index in [0.717, 1.165) is 28.2 Å². The van der Waals surface area contributed by atoms with Gasteiger partial charge < -0.3 is 4.90 Å². The predicted octanol–water partition coefficient (Wildman–Crippen LogP) is 3.00. The monoisotopic (exact) mass is 378 g/mol. The molecule has 1 amide bonds. The number of carbonyl (C=O) groups excluding carboxylic acids is 1.